The van der Waals surface area contributed by atoms with Crippen molar-refractivity contribution in [3.63, 3.8) is 0 Å². The van der Waals surface area contributed by atoms with Crippen LogP contribution >= 0.6 is 0 Å². The van der Waals surface area contributed by atoms with Crippen LogP contribution < -0.4 is 10.1 Å². The van der Waals surface area contributed by atoms with Gasteiger partial charge in [0.1, 0.15) is 17.4 Å². The monoisotopic (exact) mass is 321 g/mol. The SMILES string of the molecule is C=CCCO[C@H](C)C(=O)NCc1ccc(OC)c(C(=O)OC)c1. The number of rotatable bonds is 9. The summed E-state index contributed by atoms with van der Waals surface area (Å²) in [5, 5.41) is 2.76. The van der Waals surface area contributed by atoms with Crippen LogP contribution in [0.2, 0.25) is 0 Å². The van der Waals surface area contributed by atoms with E-state index in [1.807, 2.05) is 0 Å². The molecule has 126 valence electrons. The van der Waals surface area contributed by atoms with Gasteiger partial charge in [-0.1, -0.05) is 12.1 Å². The fraction of sp³-hybridized carbons (Fsp3) is 0.412. The van der Waals surface area contributed by atoms with Crippen molar-refractivity contribution in [2.45, 2.75) is 26.0 Å². The smallest absolute Gasteiger partial charge is 0.341 e. The minimum atomic E-state index is -0.548. The van der Waals surface area contributed by atoms with Gasteiger partial charge in [-0.3, -0.25) is 4.79 Å². The molecule has 0 radical (unpaired) electrons. The van der Waals surface area contributed by atoms with E-state index in [9.17, 15) is 9.59 Å². The molecular weight excluding hydrogens is 298 g/mol. The van der Waals surface area contributed by atoms with Crippen LogP contribution in [0.25, 0.3) is 0 Å². The molecule has 0 aliphatic carbocycles. The number of carbonyl (C=O) groups excluding carboxylic acids is 2. The largest absolute Gasteiger partial charge is 0.496 e. The van der Waals surface area contributed by atoms with E-state index in [-0.39, 0.29) is 12.5 Å². The highest BCUT2D eigenvalue weighted by molar-refractivity contribution is 5.92. The lowest BCUT2D eigenvalue weighted by Crippen LogP contribution is -2.34. The molecule has 1 aromatic rings. The summed E-state index contributed by atoms with van der Waals surface area (Å²) >= 11 is 0. The maximum absolute atomic E-state index is 11.9. The average Bonchev–Trinajstić information content (AvgIpc) is 2.58. The molecule has 1 N–H and O–H groups in total. The Morgan fingerprint density at radius 1 is 1.35 bits per heavy atom. The molecule has 1 atom stereocenters. The Morgan fingerprint density at radius 2 is 2.09 bits per heavy atom. The highest BCUT2D eigenvalue weighted by atomic mass is 16.5. The van der Waals surface area contributed by atoms with Crippen LogP contribution in [0.4, 0.5) is 0 Å². The first-order chi connectivity index (χ1) is 11.0. The Balaban J connectivity index is 2.65. The Morgan fingerprint density at radius 3 is 2.70 bits per heavy atom. The molecule has 0 spiro atoms. The third kappa shape index (κ3) is 5.75. The van der Waals surface area contributed by atoms with E-state index in [1.54, 1.807) is 31.2 Å². The quantitative estimate of drug-likeness (QED) is 0.428. The summed E-state index contributed by atoms with van der Waals surface area (Å²) in [6, 6.07) is 5.07. The molecule has 0 fully saturated rings. The molecule has 0 heterocycles. The lowest BCUT2D eigenvalue weighted by atomic mass is 10.1. The van der Waals surface area contributed by atoms with Crippen molar-refractivity contribution in [1.82, 2.24) is 5.32 Å². The van der Waals surface area contributed by atoms with Crippen LogP contribution in [0, 0.1) is 0 Å². The number of carbonyl (C=O) groups is 2. The van der Waals surface area contributed by atoms with Gasteiger partial charge in [-0.05, 0) is 31.0 Å². The van der Waals surface area contributed by atoms with E-state index < -0.39 is 12.1 Å². The summed E-state index contributed by atoms with van der Waals surface area (Å²) in [6.07, 6.45) is 1.88. The van der Waals surface area contributed by atoms with Crippen LogP contribution in [0.15, 0.2) is 30.9 Å². The van der Waals surface area contributed by atoms with Gasteiger partial charge in [-0.15, -0.1) is 6.58 Å². The summed E-state index contributed by atoms with van der Waals surface area (Å²) in [4.78, 5) is 23.7. The van der Waals surface area contributed by atoms with Crippen molar-refractivity contribution >= 4 is 11.9 Å². The van der Waals surface area contributed by atoms with E-state index in [1.165, 1.54) is 14.2 Å². The van der Waals surface area contributed by atoms with Crippen LogP contribution in [-0.4, -0.2) is 38.8 Å². The highest BCUT2D eigenvalue weighted by Crippen LogP contribution is 2.20. The third-order valence-corrected chi connectivity index (χ3v) is 3.19. The van der Waals surface area contributed by atoms with Crippen LogP contribution in [0.1, 0.15) is 29.3 Å². The van der Waals surface area contributed by atoms with Gasteiger partial charge in [-0.25, -0.2) is 4.79 Å². The Labute approximate surface area is 136 Å². The minimum Gasteiger partial charge on any atom is -0.496 e. The molecule has 23 heavy (non-hydrogen) atoms. The van der Waals surface area contributed by atoms with Crippen molar-refractivity contribution in [2.24, 2.45) is 0 Å². The molecule has 6 nitrogen and oxygen atoms in total. The van der Waals surface area contributed by atoms with Gasteiger partial charge in [0.25, 0.3) is 0 Å². The first kappa shape index (κ1) is 18.7. The molecule has 1 rings (SSSR count). The zero-order valence-electron chi connectivity index (χ0n) is 13.8. The molecule has 0 bridgehead atoms. The zero-order valence-corrected chi connectivity index (χ0v) is 13.8. The second-order valence-electron chi connectivity index (χ2n) is 4.83. The summed E-state index contributed by atoms with van der Waals surface area (Å²) in [6.45, 7) is 6.01. The molecule has 0 saturated heterocycles. The van der Waals surface area contributed by atoms with E-state index in [0.717, 1.165) is 5.56 Å². The number of methoxy groups -OCH3 is 2. The van der Waals surface area contributed by atoms with Gasteiger partial charge in [0.2, 0.25) is 5.91 Å². The summed E-state index contributed by atoms with van der Waals surface area (Å²) in [5.74, 6) is -0.284. The minimum absolute atomic E-state index is 0.218. The molecule has 0 unspecified atom stereocenters. The molecule has 6 heteroatoms. The molecule has 0 aromatic heterocycles. The highest BCUT2D eigenvalue weighted by Gasteiger charge is 2.15. The van der Waals surface area contributed by atoms with Crippen LogP contribution in [-0.2, 0) is 20.8 Å². The second kappa shape index (κ2) is 9.63. The topological polar surface area (TPSA) is 73.9 Å². The zero-order chi connectivity index (χ0) is 17.2. The van der Waals surface area contributed by atoms with Crippen molar-refractivity contribution in [3.8, 4) is 5.75 Å². The van der Waals surface area contributed by atoms with Gasteiger partial charge in [0.05, 0.1) is 20.8 Å². The maximum atomic E-state index is 11.9. The Bertz CT molecular complexity index is 556. The number of hydrogen-bond acceptors (Lipinski definition) is 5. The summed E-state index contributed by atoms with van der Waals surface area (Å²) < 4.78 is 15.2. The number of hydrogen-bond donors (Lipinski definition) is 1. The summed E-state index contributed by atoms with van der Waals surface area (Å²) in [5.41, 5.74) is 1.08. The molecular formula is C17H23NO5. The molecule has 0 saturated carbocycles. The van der Waals surface area contributed by atoms with E-state index in [0.29, 0.717) is 24.3 Å². The normalized spacial score (nSPS) is 11.4. The summed E-state index contributed by atoms with van der Waals surface area (Å²) in [7, 11) is 2.78. The predicted molar refractivity (Wildman–Crippen MR) is 86.4 cm³/mol. The molecule has 0 aliphatic heterocycles. The average molecular weight is 321 g/mol. The number of nitrogens with one attached hydrogen (secondary N) is 1. The van der Waals surface area contributed by atoms with Crippen molar-refractivity contribution in [3.05, 3.63) is 42.0 Å². The lowest BCUT2D eigenvalue weighted by molar-refractivity contribution is -0.131. The third-order valence-electron chi connectivity index (χ3n) is 3.19. The number of amides is 1. The van der Waals surface area contributed by atoms with Crippen LogP contribution in [0.5, 0.6) is 5.75 Å². The van der Waals surface area contributed by atoms with Gasteiger partial charge >= 0.3 is 5.97 Å². The van der Waals surface area contributed by atoms with E-state index in [4.69, 9.17) is 14.2 Å². The number of benzene rings is 1. The Kier molecular flexibility index (Phi) is 7.83. The lowest BCUT2D eigenvalue weighted by Gasteiger charge is -2.14. The van der Waals surface area contributed by atoms with Crippen molar-refractivity contribution < 1.29 is 23.8 Å². The Hall–Kier alpha value is -2.34. The molecule has 1 amide bonds. The van der Waals surface area contributed by atoms with Crippen molar-refractivity contribution in [2.75, 3.05) is 20.8 Å². The maximum Gasteiger partial charge on any atom is 0.341 e. The van der Waals surface area contributed by atoms with Gasteiger partial charge < -0.3 is 19.5 Å². The standard InChI is InChI=1S/C17H23NO5/c1-5-6-9-23-12(2)16(19)18-11-13-7-8-15(21-3)14(10-13)17(20)22-4/h5,7-8,10,12H,1,6,9,11H2,2-4H3,(H,18,19)/t12-/m1/s1. The molecule has 1 aromatic carbocycles. The van der Waals surface area contributed by atoms with Gasteiger partial charge in [0, 0.05) is 6.54 Å². The molecule has 0 aliphatic rings. The van der Waals surface area contributed by atoms with Gasteiger partial charge in [-0.2, -0.15) is 0 Å². The first-order valence-corrected chi connectivity index (χ1v) is 7.29. The fourth-order valence-electron chi connectivity index (χ4n) is 1.87. The van der Waals surface area contributed by atoms with E-state index >= 15 is 0 Å². The van der Waals surface area contributed by atoms with Gasteiger partial charge in [0.15, 0.2) is 0 Å². The number of esters is 1. The second-order valence-corrected chi connectivity index (χ2v) is 4.83. The first-order valence-electron chi connectivity index (χ1n) is 7.29. The predicted octanol–water partition coefficient (Wildman–Crippen LogP) is 2.08. The van der Waals surface area contributed by atoms with E-state index in [2.05, 4.69) is 11.9 Å². The fourth-order valence-corrected chi connectivity index (χ4v) is 1.87. The van der Waals surface area contributed by atoms with Crippen LogP contribution in [0.3, 0.4) is 0 Å². The van der Waals surface area contributed by atoms with Crippen molar-refractivity contribution in [1.29, 1.82) is 0 Å². The number of ether oxygens (including phenoxy) is 3.